The van der Waals surface area contributed by atoms with Gasteiger partial charge in [0.1, 0.15) is 0 Å². The molecule has 2 aliphatic rings. The number of hydrogen-bond donors (Lipinski definition) is 2. The molecule has 2 N–H and O–H groups in total. The summed E-state index contributed by atoms with van der Waals surface area (Å²) in [4.78, 5) is 26.7. The Bertz CT molecular complexity index is 626. The highest BCUT2D eigenvalue weighted by Crippen LogP contribution is 2.20. The number of amides is 2. The van der Waals surface area contributed by atoms with Crippen molar-refractivity contribution in [3.05, 3.63) is 29.3 Å². The van der Waals surface area contributed by atoms with Crippen molar-refractivity contribution in [1.29, 1.82) is 0 Å². The third-order valence-electron chi connectivity index (χ3n) is 4.49. The summed E-state index contributed by atoms with van der Waals surface area (Å²) in [5, 5.41) is 6.34. The topological polar surface area (TPSA) is 70.7 Å². The van der Waals surface area contributed by atoms with E-state index in [-0.39, 0.29) is 17.9 Å². The van der Waals surface area contributed by atoms with E-state index in [1.54, 1.807) is 11.0 Å². The molecule has 0 radical (unpaired) electrons. The summed E-state index contributed by atoms with van der Waals surface area (Å²) in [6, 6.07) is 5.71. The summed E-state index contributed by atoms with van der Waals surface area (Å²) < 4.78 is 5.29. The molecule has 2 saturated heterocycles. The van der Waals surface area contributed by atoms with E-state index in [1.165, 1.54) is 0 Å². The molecule has 0 aromatic heterocycles. The van der Waals surface area contributed by atoms with E-state index in [2.05, 4.69) is 10.6 Å². The van der Waals surface area contributed by atoms with Gasteiger partial charge in [-0.15, -0.1) is 0 Å². The fraction of sp³-hybridized carbons (Fsp3) is 0.556. The summed E-state index contributed by atoms with van der Waals surface area (Å²) in [5.41, 5.74) is 2.28. The molecule has 25 heavy (non-hydrogen) atoms. The lowest BCUT2D eigenvalue weighted by atomic mass is 10.1. The Kier molecular flexibility index (Phi) is 6.34. The van der Waals surface area contributed by atoms with Crippen molar-refractivity contribution >= 4 is 29.3 Å². The first-order valence-electron chi connectivity index (χ1n) is 8.72. The molecular formula is C18H25N3O3S. The average molecular weight is 363 g/mol. The van der Waals surface area contributed by atoms with Crippen molar-refractivity contribution in [1.82, 2.24) is 10.2 Å². The molecule has 2 amide bonds. The molecule has 1 atom stereocenters. The summed E-state index contributed by atoms with van der Waals surface area (Å²) in [5.74, 6) is 2.04. The number of morpholine rings is 1. The lowest BCUT2D eigenvalue weighted by Gasteiger charge is -2.27. The van der Waals surface area contributed by atoms with Crippen LogP contribution in [0, 0.1) is 6.92 Å². The summed E-state index contributed by atoms with van der Waals surface area (Å²) >= 11 is 1.87. The van der Waals surface area contributed by atoms with Gasteiger partial charge in [0.25, 0.3) is 5.91 Å². The molecule has 1 aromatic rings. The van der Waals surface area contributed by atoms with E-state index < -0.39 is 0 Å². The van der Waals surface area contributed by atoms with Crippen LogP contribution in [0.25, 0.3) is 0 Å². The highest BCUT2D eigenvalue weighted by atomic mass is 32.2. The van der Waals surface area contributed by atoms with Crippen LogP contribution in [0.3, 0.4) is 0 Å². The highest BCUT2D eigenvalue weighted by Gasteiger charge is 2.20. The van der Waals surface area contributed by atoms with E-state index in [1.807, 2.05) is 30.8 Å². The number of carbonyl (C=O) groups is 2. The van der Waals surface area contributed by atoms with Crippen LogP contribution < -0.4 is 10.6 Å². The number of carbonyl (C=O) groups excluding carboxylic acids is 2. The molecule has 0 aliphatic carbocycles. The van der Waals surface area contributed by atoms with Gasteiger partial charge in [0.15, 0.2) is 0 Å². The minimum absolute atomic E-state index is 0.0100. The molecule has 2 heterocycles. The van der Waals surface area contributed by atoms with Gasteiger partial charge in [0, 0.05) is 54.9 Å². The first kappa shape index (κ1) is 18.2. The Hall–Kier alpha value is -1.57. The molecule has 2 fully saturated rings. The van der Waals surface area contributed by atoms with Crippen molar-refractivity contribution < 1.29 is 14.3 Å². The van der Waals surface area contributed by atoms with Crippen molar-refractivity contribution in [3.8, 4) is 0 Å². The monoisotopic (exact) mass is 363 g/mol. The van der Waals surface area contributed by atoms with Gasteiger partial charge in [-0.3, -0.25) is 9.59 Å². The van der Waals surface area contributed by atoms with Gasteiger partial charge in [-0.2, -0.15) is 11.8 Å². The number of nitrogens with zero attached hydrogens (tertiary/aromatic N) is 1. The zero-order valence-electron chi connectivity index (χ0n) is 14.5. The molecule has 6 nitrogen and oxygen atoms in total. The molecule has 1 unspecified atom stereocenters. The zero-order valence-corrected chi connectivity index (χ0v) is 15.4. The third-order valence-corrected chi connectivity index (χ3v) is 5.62. The van der Waals surface area contributed by atoms with Crippen LogP contribution in [0.2, 0.25) is 0 Å². The van der Waals surface area contributed by atoms with Crippen LogP contribution in [-0.4, -0.2) is 67.1 Å². The maximum absolute atomic E-state index is 12.6. The van der Waals surface area contributed by atoms with Gasteiger partial charge in [0.05, 0.1) is 13.2 Å². The molecule has 2 aliphatic heterocycles. The predicted octanol–water partition coefficient (Wildman–Crippen LogP) is 1.50. The van der Waals surface area contributed by atoms with E-state index in [9.17, 15) is 9.59 Å². The Balaban J connectivity index is 1.64. The largest absolute Gasteiger partial charge is 0.378 e. The van der Waals surface area contributed by atoms with Crippen LogP contribution >= 0.6 is 11.8 Å². The third kappa shape index (κ3) is 4.96. The molecule has 0 bridgehead atoms. The summed E-state index contributed by atoms with van der Waals surface area (Å²) in [7, 11) is 0. The second-order valence-corrected chi connectivity index (χ2v) is 7.56. The van der Waals surface area contributed by atoms with Crippen LogP contribution in [0.4, 0.5) is 5.69 Å². The molecule has 0 saturated carbocycles. The molecule has 3 rings (SSSR count). The number of anilines is 1. The average Bonchev–Trinajstić information content (AvgIpc) is 2.64. The van der Waals surface area contributed by atoms with E-state index >= 15 is 0 Å². The number of ether oxygens (including phenoxy) is 1. The highest BCUT2D eigenvalue weighted by molar-refractivity contribution is 7.99. The van der Waals surface area contributed by atoms with E-state index in [0.717, 1.165) is 23.6 Å². The van der Waals surface area contributed by atoms with Crippen molar-refractivity contribution in [3.63, 3.8) is 0 Å². The molecule has 7 heteroatoms. The number of hydrogen-bond acceptors (Lipinski definition) is 5. The molecule has 136 valence electrons. The maximum atomic E-state index is 12.6. The van der Waals surface area contributed by atoms with Crippen molar-refractivity contribution in [2.45, 2.75) is 19.4 Å². The normalized spacial score (nSPS) is 21.0. The summed E-state index contributed by atoms with van der Waals surface area (Å²) in [6.07, 6.45) is 0.452. The number of thioether (sulfide) groups is 1. The number of benzene rings is 1. The van der Waals surface area contributed by atoms with Gasteiger partial charge < -0.3 is 20.3 Å². The second kappa shape index (κ2) is 8.69. The molecular weight excluding hydrogens is 338 g/mol. The van der Waals surface area contributed by atoms with Crippen LogP contribution in [0.1, 0.15) is 22.3 Å². The Morgan fingerprint density at radius 1 is 1.36 bits per heavy atom. The lowest BCUT2D eigenvalue weighted by Crippen LogP contribution is -2.40. The van der Waals surface area contributed by atoms with Gasteiger partial charge in [-0.25, -0.2) is 0 Å². The van der Waals surface area contributed by atoms with E-state index in [0.29, 0.717) is 44.0 Å². The number of nitrogens with one attached hydrogen (secondary N) is 2. The minimum Gasteiger partial charge on any atom is -0.378 e. The fourth-order valence-electron chi connectivity index (χ4n) is 3.01. The predicted molar refractivity (Wildman–Crippen MR) is 100 cm³/mol. The van der Waals surface area contributed by atoms with Crippen LogP contribution in [0.5, 0.6) is 0 Å². The van der Waals surface area contributed by atoms with Gasteiger partial charge >= 0.3 is 0 Å². The SMILES string of the molecule is Cc1ccc(C(=O)N2CCOCC2)cc1NC(=O)CC1CSCCN1. The molecule has 0 spiro atoms. The van der Waals surface area contributed by atoms with Crippen LogP contribution in [0.15, 0.2) is 18.2 Å². The maximum Gasteiger partial charge on any atom is 0.254 e. The zero-order chi connectivity index (χ0) is 17.6. The smallest absolute Gasteiger partial charge is 0.254 e. The Morgan fingerprint density at radius 2 is 2.16 bits per heavy atom. The Morgan fingerprint density at radius 3 is 2.88 bits per heavy atom. The van der Waals surface area contributed by atoms with Crippen LogP contribution in [-0.2, 0) is 9.53 Å². The second-order valence-electron chi connectivity index (χ2n) is 6.41. The van der Waals surface area contributed by atoms with Gasteiger partial charge in [-0.1, -0.05) is 6.07 Å². The van der Waals surface area contributed by atoms with Gasteiger partial charge in [-0.05, 0) is 24.6 Å². The Labute approximate surface area is 152 Å². The lowest BCUT2D eigenvalue weighted by molar-refractivity contribution is -0.116. The quantitative estimate of drug-likeness (QED) is 0.848. The molecule has 1 aromatic carbocycles. The first-order valence-corrected chi connectivity index (χ1v) is 9.87. The number of aryl methyl sites for hydroxylation is 1. The minimum atomic E-state index is -0.0147. The first-order chi connectivity index (χ1) is 12.1. The van der Waals surface area contributed by atoms with Crippen molar-refractivity contribution in [2.24, 2.45) is 0 Å². The summed E-state index contributed by atoms with van der Waals surface area (Å²) in [6.45, 7) is 5.26. The number of rotatable bonds is 4. The fourth-order valence-corrected chi connectivity index (χ4v) is 3.96. The van der Waals surface area contributed by atoms with Gasteiger partial charge in [0.2, 0.25) is 5.91 Å². The standard InChI is InChI=1S/C18H25N3O3S/c1-13-2-3-14(18(23)21-5-7-24-8-6-21)10-16(13)20-17(22)11-15-12-25-9-4-19-15/h2-3,10,15,19H,4-9,11-12H2,1H3,(H,20,22). The van der Waals surface area contributed by atoms with Crippen molar-refractivity contribution in [2.75, 3.05) is 49.7 Å². The van der Waals surface area contributed by atoms with E-state index in [4.69, 9.17) is 4.74 Å².